The molecule has 0 saturated carbocycles. The van der Waals surface area contributed by atoms with E-state index in [-0.39, 0.29) is 19.4 Å². The molecule has 3 atom stereocenters. The van der Waals surface area contributed by atoms with Crippen LogP contribution in [-0.4, -0.2) is 53.3 Å². The average molecular weight is 785 g/mol. The number of allylic oxidation sites excluding steroid dienone is 16. The maximum absolute atomic E-state index is 12.4. The van der Waals surface area contributed by atoms with Gasteiger partial charge >= 0.3 is 19.8 Å². The van der Waals surface area contributed by atoms with Crippen LogP contribution in [0.3, 0.4) is 0 Å². The second-order valence-electron chi connectivity index (χ2n) is 13.3. The van der Waals surface area contributed by atoms with Crippen molar-refractivity contribution in [3.8, 4) is 0 Å². The fourth-order valence-electron chi connectivity index (χ4n) is 5.08. The van der Waals surface area contributed by atoms with E-state index in [9.17, 15) is 14.2 Å². The Morgan fingerprint density at radius 3 is 1.56 bits per heavy atom. The molecule has 0 aliphatic carbocycles. The second-order valence-corrected chi connectivity index (χ2v) is 14.5. The average Bonchev–Trinajstić information content (AvgIpc) is 3.91. The molecule has 0 radical (unpaired) electrons. The molecule has 0 aromatic rings. The Kier molecular flexibility index (Phi) is 31.7. The van der Waals surface area contributed by atoms with Crippen molar-refractivity contribution in [2.24, 2.45) is 0 Å². The van der Waals surface area contributed by atoms with E-state index in [1.807, 2.05) is 18.2 Å². The lowest BCUT2D eigenvalue weighted by Crippen LogP contribution is -2.29. The van der Waals surface area contributed by atoms with Crippen LogP contribution >= 0.6 is 7.82 Å². The Morgan fingerprint density at radius 1 is 0.582 bits per heavy atom. The number of phosphoric ester groups is 1. The first kappa shape index (κ1) is 49.7. The van der Waals surface area contributed by atoms with Crippen LogP contribution in [0.1, 0.15) is 129 Å². The van der Waals surface area contributed by atoms with Crippen LogP contribution < -0.4 is 0 Å². The maximum Gasteiger partial charge on any atom is 0.469 e. The number of carbonyl (C=O) groups is 2. The molecular formula is C45H69O9P. The Labute approximate surface area is 331 Å². The minimum Gasteiger partial charge on any atom is -0.462 e. The summed E-state index contributed by atoms with van der Waals surface area (Å²) < 4.78 is 31.9. The summed E-state index contributed by atoms with van der Waals surface area (Å²) in [4.78, 5) is 42.8. The Hall–Kier alpha value is -3.33. The van der Waals surface area contributed by atoms with E-state index in [4.69, 9.17) is 24.0 Å². The van der Waals surface area contributed by atoms with Gasteiger partial charge in [-0.1, -0.05) is 136 Å². The third kappa shape index (κ3) is 34.9. The topological polar surface area (TPSA) is 132 Å². The Morgan fingerprint density at radius 2 is 1.05 bits per heavy atom. The lowest BCUT2D eigenvalue weighted by molar-refractivity contribution is -0.161. The number of unbranched alkanes of at least 4 members (excludes halogenated alkanes) is 4. The number of hydrogen-bond acceptors (Lipinski definition) is 7. The molecule has 2 N–H and O–H groups in total. The predicted octanol–water partition coefficient (Wildman–Crippen LogP) is 11.4. The summed E-state index contributed by atoms with van der Waals surface area (Å²) in [6, 6.07) is 0. The highest BCUT2D eigenvalue weighted by molar-refractivity contribution is 7.46. The zero-order valence-corrected chi connectivity index (χ0v) is 34.4. The van der Waals surface area contributed by atoms with E-state index in [1.165, 1.54) is 19.3 Å². The van der Waals surface area contributed by atoms with Gasteiger partial charge in [-0.05, 0) is 89.9 Å². The molecule has 9 nitrogen and oxygen atoms in total. The van der Waals surface area contributed by atoms with E-state index in [1.54, 1.807) is 0 Å². The second kappa shape index (κ2) is 35.1. The van der Waals surface area contributed by atoms with Gasteiger partial charge in [0, 0.05) is 12.8 Å². The van der Waals surface area contributed by atoms with Gasteiger partial charge in [0.15, 0.2) is 6.10 Å². The standard InChI is InChI=1S/C45H69O9P/c1-3-5-7-8-9-10-11-12-13-14-15-16-20-23-26-29-33-37-44(46)51-39-41(40-52-55(48,49)50)53-45(47)38-34-30-27-24-21-18-17-19-22-25-28-32-36-43-42(54-43)35-31-6-4-2/h6,9-10,12-13,15-16,18-19,21-23,26-28,30-32,41-43H,3-5,7-8,11,14,17,20,24-25,29,33-40H2,1-2H3,(H2,48,49,50)/b10-9-,13-12-,16-15-,21-18-,22-19-,26-23-,30-27-,31-6-,32-28-/t41-,42?,43?/m1/s1. The van der Waals surface area contributed by atoms with Crippen molar-refractivity contribution in [3.05, 3.63) is 109 Å². The number of ether oxygens (including phenoxy) is 3. The summed E-state index contributed by atoms with van der Waals surface area (Å²) in [5.74, 6) is -1.07. The smallest absolute Gasteiger partial charge is 0.462 e. The maximum atomic E-state index is 12.4. The van der Waals surface area contributed by atoms with Crippen LogP contribution in [0.15, 0.2) is 109 Å². The van der Waals surface area contributed by atoms with Gasteiger partial charge in [-0.3, -0.25) is 14.1 Å². The molecule has 1 fully saturated rings. The SMILES string of the molecule is CC/C=C\CC1OC1C/C=C\C/C=C\C/C=C\C/C=C\CCC(=O)O[C@H](COC(=O)CCC/C=C\C/C=C\C/C=C\C/C=C\CCCCC)COP(=O)(O)O. The van der Waals surface area contributed by atoms with Crippen molar-refractivity contribution in [2.45, 2.75) is 148 Å². The van der Waals surface area contributed by atoms with Gasteiger partial charge in [-0.2, -0.15) is 0 Å². The lowest BCUT2D eigenvalue weighted by atomic mass is 10.1. The third-order valence-electron chi connectivity index (χ3n) is 8.19. The third-order valence-corrected chi connectivity index (χ3v) is 8.68. The van der Waals surface area contributed by atoms with Crippen molar-refractivity contribution in [1.29, 1.82) is 0 Å². The van der Waals surface area contributed by atoms with Crippen LogP contribution in [-0.2, 0) is 32.9 Å². The number of epoxide rings is 1. The number of esters is 2. The van der Waals surface area contributed by atoms with Crippen LogP contribution in [0, 0.1) is 0 Å². The monoisotopic (exact) mass is 784 g/mol. The van der Waals surface area contributed by atoms with Gasteiger partial charge in [0.05, 0.1) is 18.8 Å². The van der Waals surface area contributed by atoms with Crippen molar-refractivity contribution >= 4 is 19.8 Å². The molecule has 1 heterocycles. The van der Waals surface area contributed by atoms with Crippen molar-refractivity contribution in [2.75, 3.05) is 13.2 Å². The normalized spacial score (nSPS) is 17.3. The summed E-state index contributed by atoms with van der Waals surface area (Å²) in [6.45, 7) is 3.40. The molecule has 1 rings (SSSR count). The summed E-state index contributed by atoms with van der Waals surface area (Å²) in [6.07, 6.45) is 52.9. The van der Waals surface area contributed by atoms with Gasteiger partial charge in [0.2, 0.25) is 0 Å². The highest BCUT2D eigenvalue weighted by atomic mass is 31.2. The van der Waals surface area contributed by atoms with Gasteiger partial charge in [-0.15, -0.1) is 0 Å². The fraction of sp³-hybridized carbons (Fsp3) is 0.556. The van der Waals surface area contributed by atoms with E-state index < -0.39 is 32.5 Å². The largest absolute Gasteiger partial charge is 0.469 e. The molecule has 0 aromatic heterocycles. The lowest BCUT2D eigenvalue weighted by Gasteiger charge is -2.18. The molecule has 1 saturated heterocycles. The first-order chi connectivity index (χ1) is 26.7. The minimum atomic E-state index is -4.80. The molecule has 0 bridgehead atoms. The quantitative estimate of drug-likeness (QED) is 0.0215. The molecule has 308 valence electrons. The molecule has 2 unspecified atom stereocenters. The van der Waals surface area contributed by atoms with Crippen molar-refractivity contribution in [3.63, 3.8) is 0 Å². The fourth-order valence-corrected chi connectivity index (χ4v) is 5.44. The van der Waals surface area contributed by atoms with E-state index in [2.05, 4.69) is 110 Å². The minimum absolute atomic E-state index is 0.0648. The summed E-state index contributed by atoms with van der Waals surface area (Å²) in [5, 5.41) is 0. The van der Waals surface area contributed by atoms with E-state index >= 15 is 0 Å². The summed E-state index contributed by atoms with van der Waals surface area (Å²) >= 11 is 0. The van der Waals surface area contributed by atoms with Crippen molar-refractivity contribution in [1.82, 2.24) is 0 Å². The van der Waals surface area contributed by atoms with Crippen LogP contribution in [0.25, 0.3) is 0 Å². The van der Waals surface area contributed by atoms with Gasteiger partial charge in [-0.25, -0.2) is 4.57 Å². The molecule has 0 aromatic carbocycles. The number of rotatable bonds is 34. The van der Waals surface area contributed by atoms with Crippen molar-refractivity contribution < 1.29 is 42.7 Å². The summed E-state index contributed by atoms with van der Waals surface area (Å²) in [5.41, 5.74) is 0. The highest BCUT2D eigenvalue weighted by Crippen LogP contribution is 2.36. The van der Waals surface area contributed by atoms with E-state index in [0.717, 1.165) is 64.2 Å². The molecule has 55 heavy (non-hydrogen) atoms. The van der Waals surface area contributed by atoms with Crippen LogP contribution in [0.4, 0.5) is 0 Å². The number of carbonyl (C=O) groups excluding carboxylic acids is 2. The Balaban J connectivity index is 2.18. The molecule has 10 heteroatoms. The molecule has 1 aliphatic heterocycles. The van der Waals surface area contributed by atoms with Gasteiger partial charge < -0.3 is 24.0 Å². The van der Waals surface area contributed by atoms with Gasteiger partial charge in [0.25, 0.3) is 0 Å². The summed E-state index contributed by atoms with van der Waals surface area (Å²) in [7, 11) is -4.80. The highest BCUT2D eigenvalue weighted by Gasteiger charge is 2.35. The Bertz CT molecular complexity index is 1320. The first-order valence-corrected chi connectivity index (χ1v) is 21.8. The molecule has 1 aliphatic rings. The van der Waals surface area contributed by atoms with Gasteiger partial charge in [0.1, 0.15) is 6.61 Å². The number of hydrogen-bond donors (Lipinski definition) is 2. The predicted molar refractivity (Wildman–Crippen MR) is 224 cm³/mol. The first-order valence-electron chi connectivity index (χ1n) is 20.3. The molecule has 0 amide bonds. The zero-order chi connectivity index (χ0) is 40.1. The molecule has 0 spiro atoms. The zero-order valence-electron chi connectivity index (χ0n) is 33.5. The van der Waals surface area contributed by atoms with Crippen LogP contribution in [0.5, 0.6) is 0 Å². The molecular weight excluding hydrogens is 715 g/mol. The van der Waals surface area contributed by atoms with Crippen LogP contribution in [0.2, 0.25) is 0 Å². The number of phosphoric acid groups is 1. The van der Waals surface area contributed by atoms with E-state index in [0.29, 0.717) is 31.5 Å².